The Kier molecular flexibility index (Phi) is 3.92. The van der Waals surface area contributed by atoms with Crippen LogP contribution in [0.4, 0.5) is 0 Å². The van der Waals surface area contributed by atoms with E-state index in [0.717, 1.165) is 28.0 Å². The fourth-order valence-corrected chi connectivity index (χ4v) is 2.47. The van der Waals surface area contributed by atoms with Crippen LogP contribution in [0.3, 0.4) is 0 Å². The number of nitrogens with two attached hydrogens (primary N) is 1. The molecule has 1 heterocycles. The van der Waals surface area contributed by atoms with Crippen LogP contribution in [0.15, 0.2) is 39.2 Å². The monoisotopic (exact) mass is 313 g/mol. The molecule has 0 aliphatic heterocycles. The molecule has 2 N–H and O–H groups in total. The predicted molar refractivity (Wildman–Crippen MR) is 74.1 cm³/mol. The summed E-state index contributed by atoms with van der Waals surface area (Å²) in [7, 11) is 0. The normalized spacial score (nSPS) is 12.7. The summed E-state index contributed by atoms with van der Waals surface area (Å²) in [6, 6.07) is 9.41. The standard InChI is InChI=1S/C13H13BrClNO/c1-2-11(16)13-6-5-12(17-13)9-4-3-8(15)7-10(9)14/h3-7,11H,2,16H2,1H3. The van der Waals surface area contributed by atoms with Crippen LogP contribution in [0.5, 0.6) is 0 Å². The summed E-state index contributed by atoms with van der Waals surface area (Å²) in [6.45, 7) is 2.03. The number of halogens is 2. The Morgan fingerprint density at radius 2 is 2.12 bits per heavy atom. The summed E-state index contributed by atoms with van der Waals surface area (Å²) in [5.74, 6) is 1.61. The van der Waals surface area contributed by atoms with Gasteiger partial charge in [-0.2, -0.15) is 0 Å². The van der Waals surface area contributed by atoms with E-state index in [0.29, 0.717) is 5.02 Å². The highest BCUT2D eigenvalue weighted by molar-refractivity contribution is 9.10. The molecule has 0 bridgehead atoms. The van der Waals surface area contributed by atoms with Crippen molar-refractivity contribution in [2.24, 2.45) is 5.73 Å². The van der Waals surface area contributed by atoms with Crippen LogP contribution in [0.2, 0.25) is 5.02 Å². The largest absolute Gasteiger partial charge is 0.459 e. The van der Waals surface area contributed by atoms with Crippen molar-refractivity contribution >= 4 is 27.5 Å². The van der Waals surface area contributed by atoms with Crippen LogP contribution in [-0.2, 0) is 0 Å². The smallest absolute Gasteiger partial charge is 0.135 e. The Morgan fingerprint density at radius 1 is 1.35 bits per heavy atom. The molecule has 0 saturated heterocycles. The Balaban J connectivity index is 2.37. The highest BCUT2D eigenvalue weighted by Gasteiger charge is 2.12. The van der Waals surface area contributed by atoms with E-state index in [4.69, 9.17) is 21.8 Å². The van der Waals surface area contributed by atoms with Gasteiger partial charge in [0.2, 0.25) is 0 Å². The maximum atomic E-state index is 5.92. The minimum Gasteiger partial charge on any atom is -0.459 e. The Bertz CT molecular complexity index is 524. The van der Waals surface area contributed by atoms with Crippen molar-refractivity contribution in [2.45, 2.75) is 19.4 Å². The van der Waals surface area contributed by atoms with Gasteiger partial charge in [-0.1, -0.05) is 18.5 Å². The van der Waals surface area contributed by atoms with Crippen LogP contribution in [0.25, 0.3) is 11.3 Å². The molecule has 0 amide bonds. The molecule has 17 heavy (non-hydrogen) atoms. The number of hydrogen-bond donors (Lipinski definition) is 1. The van der Waals surface area contributed by atoms with E-state index in [-0.39, 0.29) is 6.04 Å². The van der Waals surface area contributed by atoms with Gasteiger partial charge >= 0.3 is 0 Å². The second-order valence-electron chi connectivity index (χ2n) is 3.84. The third kappa shape index (κ3) is 2.73. The molecule has 0 fully saturated rings. The molecule has 1 unspecified atom stereocenters. The molecule has 4 heteroatoms. The average Bonchev–Trinajstić information content (AvgIpc) is 2.77. The van der Waals surface area contributed by atoms with Gasteiger partial charge in [0.05, 0.1) is 6.04 Å². The Hall–Kier alpha value is -0.770. The molecule has 2 nitrogen and oxygen atoms in total. The fraction of sp³-hybridized carbons (Fsp3) is 0.231. The van der Waals surface area contributed by atoms with Gasteiger partial charge in [-0.25, -0.2) is 0 Å². The third-order valence-corrected chi connectivity index (χ3v) is 3.52. The molecule has 90 valence electrons. The van der Waals surface area contributed by atoms with E-state index < -0.39 is 0 Å². The minimum absolute atomic E-state index is 0.0465. The average molecular weight is 315 g/mol. The first-order valence-electron chi connectivity index (χ1n) is 5.42. The van der Waals surface area contributed by atoms with Crippen LogP contribution in [0.1, 0.15) is 25.1 Å². The van der Waals surface area contributed by atoms with Crippen molar-refractivity contribution in [3.05, 3.63) is 45.6 Å². The van der Waals surface area contributed by atoms with E-state index >= 15 is 0 Å². The number of hydrogen-bond acceptors (Lipinski definition) is 2. The predicted octanol–water partition coefficient (Wildman–Crippen LogP) is 4.77. The molecule has 0 spiro atoms. The maximum absolute atomic E-state index is 5.92. The Morgan fingerprint density at radius 3 is 2.76 bits per heavy atom. The summed E-state index contributed by atoms with van der Waals surface area (Å²) in [6.07, 6.45) is 0.856. The lowest BCUT2D eigenvalue weighted by molar-refractivity contribution is 0.470. The zero-order chi connectivity index (χ0) is 12.4. The summed E-state index contributed by atoms with van der Waals surface area (Å²) in [5.41, 5.74) is 6.90. The first kappa shape index (κ1) is 12.7. The molecule has 0 aliphatic carbocycles. The zero-order valence-electron chi connectivity index (χ0n) is 9.41. The second-order valence-corrected chi connectivity index (χ2v) is 5.13. The summed E-state index contributed by atoms with van der Waals surface area (Å²) in [5, 5.41) is 0.692. The van der Waals surface area contributed by atoms with Crippen LogP contribution < -0.4 is 5.73 Å². The number of furan rings is 1. The van der Waals surface area contributed by atoms with Gasteiger partial charge in [0, 0.05) is 15.1 Å². The summed E-state index contributed by atoms with van der Waals surface area (Å²) >= 11 is 9.37. The maximum Gasteiger partial charge on any atom is 0.135 e. The minimum atomic E-state index is -0.0465. The van der Waals surface area contributed by atoms with Crippen LogP contribution in [-0.4, -0.2) is 0 Å². The van der Waals surface area contributed by atoms with Crippen molar-refractivity contribution in [3.63, 3.8) is 0 Å². The van der Waals surface area contributed by atoms with Gasteiger partial charge in [0.1, 0.15) is 11.5 Å². The van der Waals surface area contributed by atoms with Gasteiger partial charge in [0.15, 0.2) is 0 Å². The van der Waals surface area contributed by atoms with Gasteiger partial charge in [-0.05, 0) is 52.7 Å². The lowest BCUT2D eigenvalue weighted by Gasteiger charge is -2.05. The van der Waals surface area contributed by atoms with Crippen molar-refractivity contribution in [2.75, 3.05) is 0 Å². The highest BCUT2D eigenvalue weighted by atomic mass is 79.9. The molecule has 1 aromatic heterocycles. The molecular weight excluding hydrogens is 302 g/mol. The third-order valence-electron chi connectivity index (χ3n) is 2.63. The molecule has 2 rings (SSSR count). The lowest BCUT2D eigenvalue weighted by Crippen LogP contribution is -2.06. The van der Waals surface area contributed by atoms with E-state index in [1.54, 1.807) is 0 Å². The fourth-order valence-electron chi connectivity index (χ4n) is 1.59. The van der Waals surface area contributed by atoms with E-state index in [9.17, 15) is 0 Å². The van der Waals surface area contributed by atoms with Crippen LogP contribution >= 0.6 is 27.5 Å². The second kappa shape index (κ2) is 5.25. The first-order valence-corrected chi connectivity index (χ1v) is 6.59. The lowest BCUT2D eigenvalue weighted by atomic mass is 10.2. The first-order chi connectivity index (χ1) is 8.11. The summed E-state index contributed by atoms with van der Waals surface area (Å²) in [4.78, 5) is 0. The molecule has 0 saturated carbocycles. The zero-order valence-corrected chi connectivity index (χ0v) is 11.8. The van der Waals surface area contributed by atoms with Gasteiger partial charge in [-0.3, -0.25) is 0 Å². The number of benzene rings is 1. The number of rotatable bonds is 3. The van der Waals surface area contributed by atoms with E-state index in [2.05, 4.69) is 15.9 Å². The SMILES string of the molecule is CCC(N)c1ccc(-c2ccc(Cl)cc2Br)o1. The molecular formula is C13H13BrClNO. The van der Waals surface area contributed by atoms with Crippen LogP contribution in [0, 0.1) is 0 Å². The van der Waals surface area contributed by atoms with Gasteiger partial charge < -0.3 is 10.2 Å². The topological polar surface area (TPSA) is 39.2 Å². The Labute approximate surface area is 114 Å². The van der Waals surface area contributed by atoms with Crippen molar-refractivity contribution in [1.29, 1.82) is 0 Å². The summed E-state index contributed by atoms with van der Waals surface area (Å²) < 4.78 is 6.66. The van der Waals surface area contributed by atoms with Gasteiger partial charge in [-0.15, -0.1) is 0 Å². The molecule has 1 aromatic carbocycles. The van der Waals surface area contributed by atoms with E-state index in [1.165, 1.54) is 0 Å². The van der Waals surface area contributed by atoms with Crippen molar-refractivity contribution in [3.8, 4) is 11.3 Å². The van der Waals surface area contributed by atoms with E-state index in [1.807, 2.05) is 37.3 Å². The molecule has 0 radical (unpaired) electrons. The molecule has 1 atom stereocenters. The van der Waals surface area contributed by atoms with Gasteiger partial charge in [0.25, 0.3) is 0 Å². The van der Waals surface area contributed by atoms with Crippen molar-refractivity contribution in [1.82, 2.24) is 0 Å². The quantitative estimate of drug-likeness (QED) is 0.886. The molecule has 2 aromatic rings. The highest BCUT2D eigenvalue weighted by Crippen LogP contribution is 2.32. The van der Waals surface area contributed by atoms with Crippen molar-refractivity contribution < 1.29 is 4.42 Å². The molecule has 0 aliphatic rings.